The third-order valence-electron chi connectivity index (χ3n) is 1.83. The maximum absolute atomic E-state index is 5.16. The van der Waals surface area contributed by atoms with Crippen LogP contribution in [0.15, 0.2) is 42.9 Å². The average Bonchev–Trinajstić information content (AvgIpc) is 2.71. The van der Waals surface area contributed by atoms with E-state index in [1.165, 1.54) is 0 Å². The Morgan fingerprint density at radius 1 is 1.29 bits per heavy atom. The molecule has 0 aromatic carbocycles. The number of methoxy groups -OCH3 is 1. The van der Waals surface area contributed by atoms with Gasteiger partial charge in [-0.15, -0.1) is 0 Å². The van der Waals surface area contributed by atoms with Crippen LogP contribution in [0.2, 0.25) is 0 Å². The van der Waals surface area contributed by atoms with Gasteiger partial charge in [-0.25, -0.2) is 4.98 Å². The number of pyridine rings is 1. The van der Waals surface area contributed by atoms with Gasteiger partial charge in [0, 0.05) is 18.6 Å². The number of hydrogen-bond acceptors (Lipinski definition) is 3. The number of nitrogens with one attached hydrogen (secondary N) is 1. The van der Waals surface area contributed by atoms with Crippen molar-refractivity contribution in [3.8, 4) is 5.75 Å². The molecule has 72 valence electrons. The van der Waals surface area contributed by atoms with Crippen LogP contribution in [0.4, 0.5) is 5.82 Å². The summed E-state index contributed by atoms with van der Waals surface area (Å²) in [5, 5.41) is 0. The van der Waals surface area contributed by atoms with Crippen molar-refractivity contribution in [1.82, 2.24) is 9.66 Å². The van der Waals surface area contributed by atoms with Gasteiger partial charge in [-0.2, -0.15) is 0 Å². The van der Waals surface area contributed by atoms with E-state index in [0.29, 0.717) is 5.82 Å². The Balaban J connectivity index is 2.24. The second-order valence-electron chi connectivity index (χ2n) is 2.76. The molecule has 14 heavy (non-hydrogen) atoms. The lowest BCUT2D eigenvalue weighted by atomic mass is 10.4. The first-order chi connectivity index (χ1) is 6.90. The van der Waals surface area contributed by atoms with Gasteiger partial charge in [0.2, 0.25) is 0 Å². The zero-order valence-corrected chi connectivity index (χ0v) is 7.84. The molecule has 0 aliphatic carbocycles. The van der Waals surface area contributed by atoms with Crippen LogP contribution < -0.4 is 10.2 Å². The molecule has 4 nitrogen and oxygen atoms in total. The van der Waals surface area contributed by atoms with Crippen molar-refractivity contribution < 1.29 is 4.74 Å². The molecule has 0 fully saturated rings. The van der Waals surface area contributed by atoms with Gasteiger partial charge in [-0.3, -0.25) is 10.1 Å². The summed E-state index contributed by atoms with van der Waals surface area (Å²) in [4.78, 5) is 4.17. The standard InChI is InChI=1S/C10H11N3O/c1-14-9-5-4-6-11-10(9)12-13-7-2-3-8-13/h2-8H,1H3,(H,11,12). The maximum Gasteiger partial charge on any atom is 0.187 e. The van der Waals surface area contributed by atoms with Crippen molar-refractivity contribution in [3.63, 3.8) is 0 Å². The molecule has 4 heteroatoms. The lowest BCUT2D eigenvalue weighted by molar-refractivity contribution is 0.414. The second kappa shape index (κ2) is 3.83. The van der Waals surface area contributed by atoms with Crippen molar-refractivity contribution in [3.05, 3.63) is 42.9 Å². The van der Waals surface area contributed by atoms with E-state index in [1.807, 2.05) is 41.3 Å². The van der Waals surface area contributed by atoms with E-state index in [4.69, 9.17) is 4.74 Å². The molecule has 2 aromatic heterocycles. The highest BCUT2D eigenvalue weighted by Gasteiger charge is 2.01. The molecule has 2 heterocycles. The van der Waals surface area contributed by atoms with Crippen molar-refractivity contribution in [2.45, 2.75) is 0 Å². The fourth-order valence-corrected chi connectivity index (χ4v) is 1.17. The highest BCUT2D eigenvalue weighted by molar-refractivity contribution is 5.49. The SMILES string of the molecule is COc1cccnc1Nn1cccc1. The van der Waals surface area contributed by atoms with Crippen LogP contribution in [0.5, 0.6) is 5.75 Å². The first-order valence-corrected chi connectivity index (χ1v) is 4.29. The quantitative estimate of drug-likeness (QED) is 0.799. The summed E-state index contributed by atoms with van der Waals surface area (Å²) < 4.78 is 6.97. The van der Waals surface area contributed by atoms with Gasteiger partial charge in [-0.05, 0) is 24.3 Å². The summed E-state index contributed by atoms with van der Waals surface area (Å²) in [7, 11) is 1.62. The van der Waals surface area contributed by atoms with E-state index >= 15 is 0 Å². The third-order valence-corrected chi connectivity index (χ3v) is 1.83. The Labute approximate surface area is 82.1 Å². The van der Waals surface area contributed by atoms with Crippen LogP contribution in [0.1, 0.15) is 0 Å². The molecular formula is C10H11N3O. The van der Waals surface area contributed by atoms with E-state index in [2.05, 4.69) is 10.4 Å². The fraction of sp³-hybridized carbons (Fsp3) is 0.100. The third kappa shape index (κ3) is 1.69. The summed E-state index contributed by atoms with van der Waals surface area (Å²) in [6, 6.07) is 7.56. The van der Waals surface area contributed by atoms with Crippen LogP contribution in [-0.2, 0) is 0 Å². The van der Waals surface area contributed by atoms with Gasteiger partial charge in [0.25, 0.3) is 0 Å². The van der Waals surface area contributed by atoms with Gasteiger partial charge in [-0.1, -0.05) is 0 Å². The van der Waals surface area contributed by atoms with Crippen molar-refractivity contribution in [1.29, 1.82) is 0 Å². The molecular weight excluding hydrogens is 178 g/mol. The molecule has 0 atom stereocenters. The van der Waals surface area contributed by atoms with E-state index in [9.17, 15) is 0 Å². The van der Waals surface area contributed by atoms with Gasteiger partial charge in [0.05, 0.1) is 7.11 Å². The zero-order chi connectivity index (χ0) is 9.80. The van der Waals surface area contributed by atoms with Gasteiger partial charge >= 0.3 is 0 Å². The summed E-state index contributed by atoms with van der Waals surface area (Å²) >= 11 is 0. The summed E-state index contributed by atoms with van der Waals surface area (Å²) in [5.74, 6) is 1.42. The van der Waals surface area contributed by atoms with Crippen molar-refractivity contribution in [2.75, 3.05) is 12.5 Å². The molecule has 0 saturated heterocycles. The number of anilines is 1. The van der Waals surface area contributed by atoms with Crippen molar-refractivity contribution >= 4 is 5.82 Å². The Hall–Kier alpha value is -1.97. The summed E-state index contributed by atoms with van der Waals surface area (Å²) in [6.07, 6.45) is 5.51. The lowest BCUT2D eigenvalue weighted by Gasteiger charge is -2.09. The minimum atomic E-state index is 0.700. The molecule has 0 saturated carbocycles. The fourth-order valence-electron chi connectivity index (χ4n) is 1.17. The molecule has 0 unspecified atom stereocenters. The highest BCUT2D eigenvalue weighted by Crippen LogP contribution is 2.19. The Morgan fingerprint density at radius 3 is 2.79 bits per heavy atom. The van der Waals surface area contributed by atoms with Crippen LogP contribution >= 0.6 is 0 Å². The Morgan fingerprint density at radius 2 is 2.07 bits per heavy atom. The summed E-state index contributed by atoms with van der Waals surface area (Å²) in [6.45, 7) is 0. The molecule has 2 aromatic rings. The number of aromatic nitrogens is 2. The predicted octanol–water partition coefficient (Wildman–Crippen LogP) is 1.77. The van der Waals surface area contributed by atoms with Gasteiger partial charge in [0.1, 0.15) is 0 Å². The molecule has 0 aliphatic heterocycles. The monoisotopic (exact) mass is 189 g/mol. The second-order valence-corrected chi connectivity index (χ2v) is 2.76. The molecule has 0 amide bonds. The molecule has 2 rings (SSSR count). The van der Waals surface area contributed by atoms with Gasteiger partial charge in [0.15, 0.2) is 11.6 Å². The normalized spacial score (nSPS) is 9.79. The van der Waals surface area contributed by atoms with Crippen molar-refractivity contribution in [2.24, 2.45) is 0 Å². The van der Waals surface area contributed by atoms with Crippen LogP contribution in [-0.4, -0.2) is 16.8 Å². The van der Waals surface area contributed by atoms with E-state index in [0.717, 1.165) is 5.75 Å². The average molecular weight is 189 g/mol. The zero-order valence-electron chi connectivity index (χ0n) is 7.84. The molecule has 0 aliphatic rings. The predicted molar refractivity (Wildman–Crippen MR) is 54.2 cm³/mol. The number of nitrogens with zero attached hydrogens (tertiary/aromatic N) is 2. The minimum absolute atomic E-state index is 0.700. The number of ether oxygens (including phenoxy) is 1. The number of rotatable bonds is 3. The number of hydrogen-bond donors (Lipinski definition) is 1. The molecule has 0 bridgehead atoms. The summed E-state index contributed by atoms with van der Waals surface area (Å²) in [5.41, 5.74) is 3.08. The first-order valence-electron chi connectivity index (χ1n) is 4.29. The molecule has 1 N–H and O–H groups in total. The van der Waals surface area contributed by atoms with E-state index in [1.54, 1.807) is 13.3 Å². The Kier molecular flexibility index (Phi) is 2.36. The van der Waals surface area contributed by atoms with E-state index < -0.39 is 0 Å². The maximum atomic E-state index is 5.16. The Bertz CT molecular complexity index is 398. The minimum Gasteiger partial charge on any atom is -0.493 e. The molecule has 0 spiro atoms. The topological polar surface area (TPSA) is 39.1 Å². The van der Waals surface area contributed by atoms with Gasteiger partial charge < -0.3 is 4.74 Å². The smallest absolute Gasteiger partial charge is 0.187 e. The first kappa shape index (κ1) is 8.62. The van der Waals surface area contributed by atoms with Crippen LogP contribution in [0.3, 0.4) is 0 Å². The highest BCUT2D eigenvalue weighted by atomic mass is 16.5. The van der Waals surface area contributed by atoms with Crippen LogP contribution in [0, 0.1) is 0 Å². The largest absolute Gasteiger partial charge is 0.493 e. The van der Waals surface area contributed by atoms with Crippen LogP contribution in [0.25, 0.3) is 0 Å². The lowest BCUT2D eigenvalue weighted by Crippen LogP contribution is -2.08. The van der Waals surface area contributed by atoms with E-state index in [-0.39, 0.29) is 0 Å². The molecule has 0 radical (unpaired) electrons.